The number of rotatable bonds is 13. The third-order valence-corrected chi connectivity index (χ3v) is 16.2. The van der Waals surface area contributed by atoms with Gasteiger partial charge in [0, 0.05) is 71.0 Å². The molecule has 528 valence electrons. The maximum Gasteiger partial charge on any atom is 0.423 e. The first-order valence-corrected chi connectivity index (χ1v) is 31.1. The van der Waals surface area contributed by atoms with E-state index in [1.54, 1.807) is 37.8 Å². The number of phenols is 1. The first kappa shape index (κ1) is 87.2. The van der Waals surface area contributed by atoms with Crippen molar-refractivity contribution < 1.29 is 115 Å². The first-order valence-electron chi connectivity index (χ1n) is 27.3. The lowest BCUT2D eigenvalue weighted by molar-refractivity contribution is -0.388. The smallest absolute Gasteiger partial charge is 0.423 e. The highest BCUT2D eigenvalue weighted by molar-refractivity contribution is 9.09. The summed E-state index contributed by atoms with van der Waals surface area (Å²) in [6.45, 7) is 17.5. The van der Waals surface area contributed by atoms with Crippen molar-refractivity contribution in [3.8, 4) is 5.75 Å². The van der Waals surface area contributed by atoms with Crippen LogP contribution in [0, 0.1) is 20.2 Å². The van der Waals surface area contributed by atoms with E-state index in [1.807, 2.05) is 0 Å². The fourth-order valence-corrected chi connectivity index (χ4v) is 8.30. The Morgan fingerprint density at radius 2 is 1.23 bits per heavy atom. The average molecular weight is 1580 g/mol. The van der Waals surface area contributed by atoms with E-state index in [9.17, 15) is 94.8 Å². The zero-order valence-electron chi connectivity index (χ0n) is 51.4. The van der Waals surface area contributed by atoms with Crippen molar-refractivity contribution in [2.75, 3.05) is 52.0 Å². The number of carbonyl (C=O) groups is 9. The molecule has 3 aromatic rings. The number of carboxylic acid groups (broad SMARTS) is 3. The van der Waals surface area contributed by atoms with Crippen LogP contribution in [0.2, 0.25) is 0 Å². The van der Waals surface area contributed by atoms with Crippen molar-refractivity contribution in [2.24, 2.45) is 0 Å². The summed E-state index contributed by atoms with van der Waals surface area (Å²) in [6, 6.07) is 9.43. The molecule has 0 aliphatic carbocycles. The highest BCUT2D eigenvalue weighted by Gasteiger charge is 2.51. The average Bonchev–Trinajstić information content (AvgIpc) is 1.74. The molecule has 4 amide bonds. The second-order valence-corrected chi connectivity index (χ2v) is 23.1. The number of morpholine rings is 1. The second kappa shape index (κ2) is 39.3. The Morgan fingerprint density at radius 1 is 0.747 bits per heavy atom. The van der Waals surface area contributed by atoms with Crippen molar-refractivity contribution in [1.29, 1.82) is 0 Å². The number of aliphatic hydroxyl groups is 2. The zero-order valence-corrected chi connectivity index (χ0v) is 57.0. The van der Waals surface area contributed by atoms with Gasteiger partial charge in [-0.25, -0.2) is 14.4 Å². The molecule has 0 saturated carbocycles. The lowest BCUT2D eigenvalue weighted by atomic mass is 10.0. The van der Waals surface area contributed by atoms with Gasteiger partial charge in [-0.3, -0.25) is 49.0 Å². The lowest BCUT2D eigenvalue weighted by Crippen LogP contribution is -2.60. The number of nitrogens with two attached hydrogens (primary N) is 1. The molecule has 0 aromatic heterocycles. The van der Waals surface area contributed by atoms with E-state index in [0.29, 0.717) is 59.9 Å². The summed E-state index contributed by atoms with van der Waals surface area (Å²) in [4.78, 5) is 119. The fraction of sp³-hybridized carbons (Fsp3) is 0.456. The third kappa shape index (κ3) is 29.8. The minimum absolute atomic E-state index is 0.0509. The fourth-order valence-electron chi connectivity index (χ4n) is 7.46. The van der Waals surface area contributed by atoms with Gasteiger partial charge in [0.2, 0.25) is 17.1 Å². The van der Waals surface area contributed by atoms with Crippen LogP contribution in [0.25, 0.3) is 0 Å². The molecule has 6 atom stereocenters. The molecule has 11 N–H and O–H groups in total. The monoisotopic (exact) mass is 1570 g/mol. The van der Waals surface area contributed by atoms with Crippen LogP contribution in [0.3, 0.4) is 0 Å². The summed E-state index contributed by atoms with van der Waals surface area (Å²) >= 11 is 13.8. The molecule has 3 aromatic carbocycles. The molecule has 4 heterocycles. The molecule has 38 heteroatoms. The predicted octanol–water partition coefficient (Wildman–Crippen LogP) is 8.94. The number of hydrogen-bond acceptors (Lipinski definition) is 19. The van der Waals surface area contributed by atoms with Crippen molar-refractivity contribution >= 4 is 141 Å². The number of esters is 1. The van der Waals surface area contributed by atoms with Gasteiger partial charge in [0.15, 0.2) is 11.2 Å². The lowest BCUT2D eigenvalue weighted by Gasteiger charge is -2.39. The summed E-state index contributed by atoms with van der Waals surface area (Å²) in [7, 11) is 0. The van der Waals surface area contributed by atoms with Crippen LogP contribution in [-0.4, -0.2) is 174 Å². The number of aromatic hydroxyl groups is 1. The van der Waals surface area contributed by atoms with Gasteiger partial charge in [-0.2, -0.15) is 26.3 Å². The minimum Gasteiger partial charge on any atom is -0.508 e. The van der Waals surface area contributed by atoms with Gasteiger partial charge in [-0.1, -0.05) is 60.9 Å². The van der Waals surface area contributed by atoms with Crippen LogP contribution >= 0.6 is 59.4 Å². The molecule has 4 aliphatic rings. The van der Waals surface area contributed by atoms with E-state index < -0.39 is 96.6 Å². The Morgan fingerprint density at radius 3 is 1.61 bits per heavy atom. The van der Waals surface area contributed by atoms with E-state index in [4.69, 9.17) is 47.6 Å². The molecular weight excluding hydrogens is 1510 g/mol. The van der Waals surface area contributed by atoms with Crippen LogP contribution in [0.4, 0.5) is 54.8 Å². The van der Waals surface area contributed by atoms with Gasteiger partial charge in [-0.05, 0) is 140 Å². The van der Waals surface area contributed by atoms with Gasteiger partial charge in [0.1, 0.15) is 40.6 Å². The van der Waals surface area contributed by atoms with Crippen LogP contribution in [0.1, 0.15) is 91.2 Å². The third-order valence-electron chi connectivity index (χ3n) is 12.6. The van der Waals surface area contributed by atoms with Gasteiger partial charge in [0.25, 0.3) is 23.2 Å². The Labute approximate surface area is 568 Å². The minimum atomic E-state index is -4.94. The number of ether oxygens (including phenoxy) is 1. The summed E-state index contributed by atoms with van der Waals surface area (Å²) in [6.07, 6.45) is -4.98. The second-order valence-electron chi connectivity index (χ2n) is 21.1. The van der Waals surface area contributed by atoms with Crippen LogP contribution < -0.4 is 21.7 Å². The number of amides is 4. The number of nitro benzene ring substituents is 2. The molecule has 95 heavy (non-hydrogen) atoms. The number of carbonyl (C=O) groups excluding carboxylic acids is 6. The SMILES string of the molecule is C=C(C)C(=O)Cl.C=C(C)C(=O)N1CCC[C@@H]1C(=O)O.CC(=O)Nc1ccc(O)cc1.CC1(CBr)OC(=O)[C@H]2CCCN2C1=O.C[C@](O)(CBr)C(=O)Nc1ccc([N+](=O)[O-])c(C(F)(F)F)c1.C[C@](O)(CBr)C(=O)O.Nc1ccc([N+](=O)[O-])c(C(F)(F)F)c1.O=C(O)[C@H]1CCCN1. The zero-order chi connectivity index (χ0) is 73.9. The Kier molecular flexibility index (Phi) is 36.0. The molecule has 0 spiro atoms. The maximum absolute atomic E-state index is 12.8. The van der Waals surface area contributed by atoms with Gasteiger partial charge >= 0.3 is 36.2 Å². The number of allylic oxidation sites excluding steroid dienone is 1. The topological polar surface area (TPSA) is 439 Å². The Bertz CT molecular complexity index is 3240. The van der Waals surface area contributed by atoms with Crippen LogP contribution in [-0.2, 0) is 60.2 Å². The standard InChI is InChI=1S/C11H10BrF3N2O4.C9H12BrNO3.C9H13NO3.C8H9NO2.C7H5F3N2O2.C5H9NO2.C4H7BrO3.C4H5ClO/c1-10(19,5-12)9(18)16-6-2-3-8(17(20)21)7(4-6)11(13,14)15;1-9(5-10)8(13)11-4-2-3-6(11)7(12)14-9;1-6(2)8(11)10-5-3-4-7(10)9(12)13;1-6(10)9-7-2-4-8(11)5-3-7;8-7(9,10)5-3-4(11)1-2-6(5)12(13)14;7-5(8)4-2-1-3-6-4;1-4(8,2-5)3(6)7;1-3(2)4(5)6/h2-4,19H,5H2,1H3,(H,16,18);6H,2-5H2,1H3;7H,1,3-5H2,2H3,(H,12,13);2-5,11H,1H3,(H,9,10);1-3H,11H2;4,6H,1-3H2,(H,7,8);8H,2H2,1H3,(H,6,7);1H2,2H3/t10-;6-,9?;7-;;;2*4-;/m011..10./s1. The van der Waals surface area contributed by atoms with Crippen molar-refractivity contribution in [2.45, 2.75) is 127 Å². The molecule has 4 saturated heterocycles. The molecular formula is C57H70Br3ClF6N8O20. The van der Waals surface area contributed by atoms with E-state index in [0.717, 1.165) is 63.8 Å². The maximum atomic E-state index is 12.8. The largest absolute Gasteiger partial charge is 0.508 e. The highest BCUT2D eigenvalue weighted by Crippen LogP contribution is 2.39. The number of benzene rings is 3. The highest BCUT2D eigenvalue weighted by atomic mass is 79.9. The number of nitrogen functional groups attached to an aromatic ring is 1. The molecule has 0 bridgehead atoms. The number of alkyl halides is 9. The number of fused-ring (bicyclic) bond motifs is 1. The van der Waals surface area contributed by atoms with Gasteiger partial charge in [-0.15, -0.1) is 0 Å². The number of halogens is 10. The number of cyclic esters (lactones) is 1. The number of hydrogen-bond donors (Lipinski definition) is 10. The van der Waals surface area contributed by atoms with Crippen LogP contribution in [0.15, 0.2) is 85.0 Å². The Hall–Kier alpha value is -7.84. The molecule has 7 rings (SSSR count). The van der Waals surface area contributed by atoms with Crippen molar-refractivity contribution in [3.05, 3.63) is 116 Å². The van der Waals surface area contributed by atoms with E-state index >= 15 is 0 Å². The van der Waals surface area contributed by atoms with Gasteiger partial charge < -0.3 is 66.9 Å². The Balaban J connectivity index is 0.00000109. The molecule has 28 nitrogen and oxygen atoms in total. The number of phenolic OH excluding ortho intramolecular Hbond substituents is 1. The number of anilines is 3. The molecule has 4 aliphatic heterocycles. The summed E-state index contributed by atoms with van der Waals surface area (Å²) in [5.41, 5.74) is -3.28. The molecule has 4 fully saturated rings. The number of aliphatic carboxylic acids is 3. The van der Waals surface area contributed by atoms with Crippen molar-refractivity contribution in [1.82, 2.24) is 15.1 Å². The molecule has 1 unspecified atom stereocenters. The predicted molar refractivity (Wildman–Crippen MR) is 343 cm³/mol. The molecule has 0 radical (unpaired) electrons. The summed E-state index contributed by atoms with van der Waals surface area (Å²) in [5.74, 6) is -4.30. The number of nitrogens with one attached hydrogen (secondary N) is 3. The first-order chi connectivity index (χ1) is 43.6. The van der Waals surface area contributed by atoms with E-state index in [1.165, 1.54) is 30.9 Å². The van der Waals surface area contributed by atoms with Crippen molar-refractivity contribution in [3.63, 3.8) is 0 Å². The number of nitro groups is 2. The number of nitrogens with zero attached hydrogens (tertiary/aromatic N) is 4. The van der Waals surface area contributed by atoms with Crippen LogP contribution in [0.5, 0.6) is 5.75 Å². The quantitative estimate of drug-likeness (QED) is 0.00878. The normalized spacial score (nSPS) is 18.7. The van der Waals surface area contributed by atoms with E-state index in [2.05, 4.69) is 76.9 Å². The summed E-state index contributed by atoms with van der Waals surface area (Å²) < 4.78 is 80.1. The number of carboxylic acids is 3. The number of likely N-dealkylation sites (tertiary alicyclic amines) is 1. The summed E-state index contributed by atoms with van der Waals surface area (Å²) in [5, 5.41) is 80.7. The van der Waals surface area contributed by atoms with Gasteiger partial charge in [0.05, 0.1) is 15.2 Å². The van der Waals surface area contributed by atoms with E-state index in [-0.39, 0.29) is 63.6 Å².